The molecular formula is C19H28N4O3S. The molecule has 7 nitrogen and oxygen atoms in total. The van der Waals surface area contributed by atoms with Gasteiger partial charge in [-0.25, -0.2) is 4.98 Å². The molecule has 0 spiro atoms. The Morgan fingerprint density at radius 3 is 2.56 bits per heavy atom. The lowest BCUT2D eigenvalue weighted by atomic mass is 10.2. The number of morpholine rings is 2. The molecule has 0 bridgehead atoms. The van der Waals surface area contributed by atoms with E-state index in [1.807, 2.05) is 13.0 Å². The highest BCUT2D eigenvalue weighted by Gasteiger charge is 2.27. The van der Waals surface area contributed by atoms with Crippen LogP contribution in [0.15, 0.2) is 6.07 Å². The first-order chi connectivity index (χ1) is 13.0. The van der Waals surface area contributed by atoms with Gasteiger partial charge in [-0.1, -0.05) is 6.92 Å². The number of thiophene rings is 1. The third-order valence-electron chi connectivity index (χ3n) is 5.09. The first-order valence-corrected chi connectivity index (χ1v) is 10.6. The number of ether oxygens (including phenoxy) is 2. The van der Waals surface area contributed by atoms with Crippen LogP contribution in [0.3, 0.4) is 0 Å². The molecule has 0 radical (unpaired) electrons. The lowest BCUT2D eigenvalue weighted by Crippen LogP contribution is -2.46. The Labute approximate surface area is 163 Å². The standard InChI is InChI=1S/C19H28N4O3S/c1-4-15(24)16-9-14-17(27-16)18(22-5-7-25-8-6-22)21-19(20-14)23-10-12(2)26-13(3)11-23/h9,12-13,15,24H,4-8,10-11H2,1-3H3/t12-,13+,15?. The molecule has 4 rings (SSSR count). The van der Waals surface area contributed by atoms with E-state index < -0.39 is 6.10 Å². The average molecular weight is 393 g/mol. The number of aromatic nitrogens is 2. The number of anilines is 2. The van der Waals surface area contributed by atoms with E-state index in [1.54, 1.807) is 11.3 Å². The largest absolute Gasteiger partial charge is 0.388 e. The normalized spacial score (nSPS) is 25.2. The third kappa shape index (κ3) is 3.89. The van der Waals surface area contributed by atoms with Gasteiger partial charge in [-0.15, -0.1) is 11.3 Å². The summed E-state index contributed by atoms with van der Waals surface area (Å²) in [5.41, 5.74) is 0.917. The van der Waals surface area contributed by atoms with E-state index in [1.165, 1.54) is 0 Å². The fourth-order valence-electron chi connectivity index (χ4n) is 3.76. The van der Waals surface area contributed by atoms with Crippen LogP contribution >= 0.6 is 11.3 Å². The van der Waals surface area contributed by atoms with Crippen molar-refractivity contribution < 1.29 is 14.6 Å². The number of hydrogen-bond acceptors (Lipinski definition) is 8. The average Bonchev–Trinajstić information content (AvgIpc) is 3.10. The van der Waals surface area contributed by atoms with Crippen molar-refractivity contribution in [3.63, 3.8) is 0 Å². The summed E-state index contributed by atoms with van der Waals surface area (Å²) in [7, 11) is 0. The maximum Gasteiger partial charge on any atom is 0.228 e. The summed E-state index contributed by atoms with van der Waals surface area (Å²) >= 11 is 1.61. The maximum atomic E-state index is 10.3. The van der Waals surface area contributed by atoms with Gasteiger partial charge in [0.05, 0.1) is 41.7 Å². The number of rotatable bonds is 4. The lowest BCUT2D eigenvalue weighted by molar-refractivity contribution is -0.00569. The fourth-order valence-corrected chi connectivity index (χ4v) is 4.94. The summed E-state index contributed by atoms with van der Waals surface area (Å²) in [6.07, 6.45) is 0.548. The topological polar surface area (TPSA) is 71.0 Å². The molecule has 0 saturated carbocycles. The highest BCUT2D eigenvalue weighted by molar-refractivity contribution is 7.19. The zero-order valence-corrected chi connectivity index (χ0v) is 17.0. The monoisotopic (exact) mass is 392 g/mol. The van der Waals surface area contributed by atoms with Gasteiger partial charge in [-0.05, 0) is 26.3 Å². The molecule has 0 aliphatic carbocycles. The molecule has 2 aliphatic rings. The molecule has 4 heterocycles. The summed E-state index contributed by atoms with van der Waals surface area (Å²) in [6, 6.07) is 2.02. The van der Waals surface area contributed by atoms with Crippen LogP contribution in [-0.2, 0) is 9.47 Å². The molecule has 2 fully saturated rings. The second-order valence-electron chi connectivity index (χ2n) is 7.40. The molecule has 0 aromatic carbocycles. The molecule has 1 unspecified atom stereocenters. The van der Waals surface area contributed by atoms with E-state index in [0.29, 0.717) is 19.6 Å². The second kappa shape index (κ2) is 7.87. The van der Waals surface area contributed by atoms with Crippen molar-refractivity contribution in [1.82, 2.24) is 9.97 Å². The van der Waals surface area contributed by atoms with Crippen LogP contribution in [0.25, 0.3) is 10.2 Å². The predicted molar refractivity (Wildman–Crippen MR) is 108 cm³/mol. The van der Waals surface area contributed by atoms with Crippen molar-refractivity contribution in [3.8, 4) is 0 Å². The van der Waals surface area contributed by atoms with E-state index >= 15 is 0 Å². The van der Waals surface area contributed by atoms with Crippen molar-refractivity contribution >= 4 is 33.3 Å². The summed E-state index contributed by atoms with van der Waals surface area (Å²) in [5, 5.41) is 10.3. The van der Waals surface area contributed by atoms with E-state index in [9.17, 15) is 5.11 Å². The molecule has 2 saturated heterocycles. The van der Waals surface area contributed by atoms with Crippen LogP contribution in [-0.4, -0.2) is 66.7 Å². The Kier molecular flexibility index (Phi) is 5.50. The predicted octanol–water partition coefficient (Wildman–Crippen LogP) is 2.58. The summed E-state index contributed by atoms with van der Waals surface area (Å²) in [5.74, 6) is 1.71. The molecule has 2 aliphatic heterocycles. The summed E-state index contributed by atoms with van der Waals surface area (Å²) in [4.78, 5) is 15.3. The quantitative estimate of drug-likeness (QED) is 0.857. The Morgan fingerprint density at radius 2 is 1.89 bits per heavy atom. The lowest BCUT2D eigenvalue weighted by Gasteiger charge is -2.36. The van der Waals surface area contributed by atoms with Gasteiger partial charge in [0.25, 0.3) is 0 Å². The Morgan fingerprint density at radius 1 is 1.19 bits per heavy atom. The molecule has 8 heteroatoms. The van der Waals surface area contributed by atoms with Crippen molar-refractivity contribution in [2.24, 2.45) is 0 Å². The molecule has 1 N–H and O–H groups in total. The first-order valence-electron chi connectivity index (χ1n) is 9.77. The zero-order valence-electron chi connectivity index (χ0n) is 16.2. The van der Waals surface area contributed by atoms with Gasteiger partial charge in [0.1, 0.15) is 0 Å². The number of aliphatic hydroxyl groups is 1. The van der Waals surface area contributed by atoms with Gasteiger partial charge < -0.3 is 24.4 Å². The van der Waals surface area contributed by atoms with E-state index in [0.717, 1.165) is 53.0 Å². The van der Waals surface area contributed by atoms with Crippen molar-refractivity contribution in [3.05, 3.63) is 10.9 Å². The Hall–Kier alpha value is -1.48. The second-order valence-corrected chi connectivity index (χ2v) is 8.48. The van der Waals surface area contributed by atoms with Gasteiger partial charge in [-0.3, -0.25) is 0 Å². The summed E-state index contributed by atoms with van der Waals surface area (Å²) in [6.45, 7) is 10.8. The molecule has 27 heavy (non-hydrogen) atoms. The van der Waals surface area contributed by atoms with Crippen molar-refractivity contribution in [2.45, 2.75) is 45.5 Å². The van der Waals surface area contributed by atoms with Crippen molar-refractivity contribution in [2.75, 3.05) is 49.2 Å². The van der Waals surface area contributed by atoms with Gasteiger partial charge in [0, 0.05) is 31.1 Å². The van der Waals surface area contributed by atoms with Crippen LogP contribution in [0, 0.1) is 0 Å². The van der Waals surface area contributed by atoms with Crippen molar-refractivity contribution in [1.29, 1.82) is 0 Å². The van der Waals surface area contributed by atoms with Gasteiger partial charge in [0.15, 0.2) is 5.82 Å². The molecule has 0 amide bonds. The Bertz CT molecular complexity index is 783. The van der Waals surface area contributed by atoms with E-state index in [-0.39, 0.29) is 12.2 Å². The number of hydrogen-bond donors (Lipinski definition) is 1. The summed E-state index contributed by atoms with van der Waals surface area (Å²) < 4.78 is 12.4. The fraction of sp³-hybridized carbons (Fsp3) is 0.684. The minimum Gasteiger partial charge on any atom is -0.388 e. The van der Waals surface area contributed by atoms with Crippen LogP contribution in [0.1, 0.15) is 38.2 Å². The Balaban J connectivity index is 1.77. The maximum absolute atomic E-state index is 10.3. The molecule has 3 atom stereocenters. The van der Waals surface area contributed by atoms with Gasteiger partial charge in [-0.2, -0.15) is 4.98 Å². The third-order valence-corrected chi connectivity index (χ3v) is 6.31. The molecule has 2 aromatic heterocycles. The van der Waals surface area contributed by atoms with Crippen LogP contribution in [0.2, 0.25) is 0 Å². The highest BCUT2D eigenvalue weighted by Crippen LogP contribution is 2.37. The van der Waals surface area contributed by atoms with Crippen LogP contribution in [0.4, 0.5) is 11.8 Å². The van der Waals surface area contributed by atoms with E-state index in [4.69, 9.17) is 19.4 Å². The highest BCUT2D eigenvalue weighted by atomic mass is 32.1. The molecule has 148 valence electrons. The SMILES string of the molecule is CCC(O)c1cc2nc(N3C[C@@H](C)O[C@@H](C)C3)nc(N3CCOCC3)c2s1. The molecule has 2 aromatic rings. The number of nitrogens with zero attached hydrogens (tertiary/aromatic N) is 4. The van der Waals surface area contributed by atoms with Crippen LogP contribution in [0.5, 0.6) is 0 Å². The minimum atomic E-state index is -0.450. The van der Waals surface area contributed by atoms with Gasteiger partial charge in [0.2, 0.25) is 5.95 Å². The number of fused-ring (bicyclic) bond motifs is 1. The van der Waals surface area contributed by atoms with E-state index in [2.05, 4.69) is 23.6 Å². The van der Waals surface area contributed by atoms with Gasteiger partial charge >= 0.3 is 0 Å². The minimum absolute atomic E-state index is 0.153. The van der Waals surface area contributed by atoms with Crippen LogP contribution < -0.4 is 9.80 Å². The first kappa shape index (κ1) is 18.9. The molecular weight excluding hydrogens is 364 g/mol. The number of aliphatic hydroxyl groups excluding tert-OH is 1. The smallest absolute Gasteiger partial charge is 0.228 e. The zero-order chi connectivity index (χ0) is 19.0.